The van der Waals surface area contributed by atoms with Crippen LogP contribution in [0.15, 0.2) is 24.3 Å². The first kappa shape index (κ1) is 71.4. The largest absolute Gasteiger partial charge is 0.550 e. The third kappa shape index (κ3) is 22.0. The summed E-state index contributed by atoms with van der Waals surface area (Å²) in [5.41, 5.74) is 15.7. The number of phenols is 1. The van der Waals surface area contributed by atoms with Gasteiger partial charge in [0.25, 0.3) is 0 Å². The molecule has 1 aromatic carbocycles. The Morgan fingerprint density at radius 1 is 0.744 bits per heavy atom. The summed E-state index contributed by atoms with van der Waals surface area (Å²) in [5, 5.41) is 71.9. The van der Waals surface area contributed by atoms with Crippen molar-refractivity contribution in [2.75, 3.05) is 37.7 Å². The molecule has 30 nitrogen and oxygen atoms in total. The Labute approximate surface area is 504 Å². The van der Waals surface area contributed by atoms with E-state index in [0.717, 1.165) is 33.4 Å². The number of carbonyl (C=O) groups is 13. The van der Waals surface area contributed by atoms with Crippen molar-refractivity contribution in [3.05, 3.63) is 29.8 Å². The van der Waals surface area contributed by atoms with Gasteiger partial charge in [0.15, 0.2) is 5.78 Å². The lowest BCUT2D eigenvalue weighted by molar-refractivity contribution is -0.368. The molecule has 32 heteroatoms. The highest BCUT2D eigenvalue weighted by atomic mass is 33.1. The van der Waals surface area contributed by atoms with Crippen molar-refractivity contribution in [2.24, 2.45) is 23.3 Å². The number of benzene rings is 1. The predicted octanol–water partition coefficient (Wildman–Crippen LogP) is -7.41. The molecule has 0 bridgehead atoms. The van der Waals surface area contributed by atoms with E-state index in [2.05, 4.69) is 43.0 Å². The van der Waals surface area contributed by atoms with E-state index < -0.39 is 182 Å². The number of amides is 10. The number of carboxylic acids is 2. The van der Waals surface area contributed by atoms with E-state index >= 15 is 0 Å². The minimum absolute atomic E-state index is 0.0172. The summed E-state index contributed by atoms with van der Waals surface area (Å²) in [6.07, 6.45) is -3.93. The average molecular weight is 1250 g/mol. The highest BCUT2D eigenvalue weighted by Gasteiger charge is 2.43. The maximum atomic E-state index is 14.8. The molecule has 3 aliphatic heterocycles. The first-order chi connectivity index (χ1) is 40.6. The maximum Gasteiger partial charge on any atom is 0.248 e. The molecular weight excluding hydrogens is 1170 g/mol. The Balaban J connectivity index is 1.83. The minimum atomic E-state index is -2.00. The highest BCUT2D eigenvalue weighted by molar-refractivity contribution is 8.76. The van der Waals surface area contributed by atoms with Crippen LogP contribution in [0.3, 0.4) is 0 Å². The van der Waals surface area contributed by atoms with Gasteiger partial charge >= 0.3 is 0 Å². The monoisotopic (exact) mass is 1250 g/mol. The van der Waals surface area contributed by atoms with Crippen LogP contribution >= 0.6 is 21.6 Å². The SMILES string of the molecule is CC(C)C[C@@H]1NC(=O)[C@@H]2CCCN2C(=O)[C@@H](NC(=O)[C@H](CCCC[NH3+])NC(=O)[C@@H](N)CO)CSSC[C@@H](C(N)=O)CC(=O)[C@H](CCC(=O)[O-])NC(=O)[C@H](Cc2ccc(O)cc2)NC(=O)[C@@H]2CCCN2C(=O)[C@H](C(C)O)NC(=O)[C@H](CC(=O)[O-])NC1=O. The number of nitrogens with one attached hydrogen (secondary N) is 7. The van der Waals surface area contributed by atoms with Crippen LogP contribution in [0, 0.1) is 11.8 Å². The number of phenolic OH excluding ortho intramolecular Hbond substituents is 1. The van der Waals surface area contributed by atoms with Gasteiger partial charge in [-0.15, -0.1) is 0 Å². The van der Waals surface area contributed by atoms with Crippen molar-refractivity contribution in [3.63, 3.8) is 0 Å². The van der Waals surface area contributed by atoms with Gasteiger partial charge in [-0.05, 0) is 94.7 Å². The van der Waals surface area contributed by atoms with Crippen molar-refractivity contribution < 1.29 is 93.6 Å². The smallest absolute Gasteiger partial charge is 0.248 e. The number of primary amides is 1. The Bertz CT molecular complexity index is 2600. The predicted molar refractivity (Wildman–Crippen MR) is 304 cm³/mol. The number of aliphatic carboxylic acids is 2. The molecular formula is C54H81N12O18S2-. The quantitative estimate of drug-likeness (QED) is 0.0426. The van der Waals surface area contributed by atoms with E-state index in [-0.39, 0.29) is 81.2 Å². The third-order valence-corrected chi connectivity index (χ3v) is 17.1. The first-order valence-electron chi connectivity index (χ1n) is 28.5. The molecule has 3 heterocycles. The number of fused-ring (bicyclic) bond motifs is 2. The molecule has 0 aliphatic carbocycles. The van der Waals surface area contributed by atoms with E-state index in [9.17, 15) is 87.9 Å². The van der Waals surface area contributed by atoms with Crippen LogP contribution in [0.5, 0.6) is 5.75 Å². The van der Waals surface area contributed by atoms with Crippen molar-refractivity contribution in [3.8, 4) is 5.75 Å². The fourth-order valence-corrected chi connectivity index (χ4v) is 12.4. The summed E-state index contributed by atoms with van der Waals surface area (Å²) in [5.74, 6) is -16.4. The van der Waals surface area contributed by atoms with E-state index in [1.54, 1.807) is 13.8 Å². The van der Waals surface area contributed by atoms with Crippen LogP contribution in [0.1, 0.15) is 103 Å². The molecule has 10 amide bonds. The topological polar surface area (TPSA) is 499 Å². The van der Waals surface area contributed by atoms with Gasteiger partial charge in [0.2, 0.25) is 59.1 Å². The number of ketones is 1. The van der Waals surface area contributed by atoms with Crippen molar-refractivity contribution in [1.82, 2.24) is 47.0 Å². The number of Topliss-reactive ketones (excluding diaryl/α,β-unsaturated/α-hetero) is 1. The third-order valence-electron chi connectivity index (χ3n) is 14.6. The summed E-state index contributed by atoms with van der Waals surface area (Å²) in [6, 6.07) is -10.0. The summed E-state index contributed by atoms with van der Waals surface area (Å²) >= 11 is 0. The standard InChI is InChI=1S/C54H82N12O18S2/c1-27(2)20-35-48(78)60-37(23-43(73)74)50(80)64-44(28(3)68)54(84)66-19-7-10-40(66)52(82)62-36(21-29-11-13-31(69)14-12-29)49(79)58-33(15-16-42(71)72)41(70)22-30(45(57)75)25-85-86-26-38(53(83)65-18-6-9-39(65)51(81)61-35)63-47(77)34(8-4-5-17-55)59-46(76)32(56)24-67/h11-14,27-28,30,32-40,44,67-69H,4-10,15-26,55-56H2,1-3H3,(H2,57,75)(H,58,79)(H,59,76)(H,60,78)(H,61,81)(H,62,82)(H,63,77)(H,64,80)(H,71,72)(H,73,74)/p-1/t28?,30-,32-,33-,34-,35-,36-,37-,38-,39-,40-,44-/m0/s1. The lowest BCUT2D eigenvalue weighted by Crippen LogP contribution is -2.62. The number of quaternary nitrogens is 1. The van der Waals surface area contributed by atoms with Gasteiger partial charge in [0.05, 0.1) is 31.2 Å². The Hall–Kier alpha value is -7.13. The van der Waals surface area contributed by atoms with Gasteiger partial charge in [0, 0.05) is 55.8 Å². The summed E-state index contributed by atoms with van der Waals surface area (Å²) in [6.45, 7) is 4.05. The van der Waals surface area contributed by atoms with E-state index in [1.807, 2.05) is 0 Å². The zero-order valence-electron chi connectivity index (χ0n) is 48.3. The van der Waals surface area contributed by atoms with Crippen LogP contribution in [-0.2, 0) is 68.7 Å². The molecule has 86 heavy (non-hydrogen) atoms. The zero-order chi connectivity index (χ0) is 63.9. The fourth-order valence-electron chi connectivity index (χ4n) is 9.92. The molecule has 12 atom stereocenters. The van der Waals surface area contributed by atoms with Gasteiger partial charge in [0.1, 0.15) is 60.1 Å². The second-order valence-electron chi connectivity index (χ2n) is 21.9. The lowest BCUT2D eigenvalue weighted by Gasteiger charge is -2.32. The normalized spacial score (nSPS) is 25.7. The fraction of sp³-hybridized carbons (Fsp3) is 0.648. The number of carbonyl (C=O) groups excluding carboxylic acids is 13. The van der Waals surface area contributed by atoms with Gasteiger partial charge in [-0.25, -0.2) is 0 Å². The number of unbranched alkanes of at least 4 members (excludes halogenated alkanes) is 1. The van der Waals surface area contributed by atoms with Crippen molar-refractivity contribution >= 4 is 98.4 Å². The second kappa shape index (κ2) is 34.9. The van der Waals surface area contributed by atoms with Crippen LogP contribution in [0.2, 0.25) is 0 Å². The average Bonchev–Trinajstić information content (AvgIpc) is 3.35. The molecule has 0 aromatic heterocycles. The zero-order valence-corrected chi connectivity index (χ0v) is 49.9. The van der Waals surface area contributed by atoms with Crippen molar-refractivity contribution in [1.29, 1.82) is 0 Å². The summed E-state index contributed by atoms with van der Waals surface area (Å²) < 4.78 is 0. The summed E-state index contributed by atoms with van der Waals surface area (Å²) in [7, 11) is 1.86. The molecule has 3 aliphatic rings. The number of nitrogens with zero attached hydrogens (tertiary/aromatic N) is 2. The van der Waals surface area contributed by atoms with Gasteiger partial charge in [-0.2, -0.15) is 0 Å². The van der Waals surface area contributed by atoms with Gasteiger partial charge < -0.3 is 99.3 Å². The highest BCUT2D eigenvalue weighted by Crippen LogP contribution is 2.29. The van der Waals surface area contributed by atoms with E-state index in [4.69, 9.17) is 11.5 Å². The van der Waals surface area contributed by atoms with Crippen LogP contribution in [0.4, 0.5) is 0 Å². The molecule has 0 radical (unpaired) electrons. The number of rotatable bonds is 20. The molecule has 17 N–H and O–H groups in total. The molecule has 3 saturated heterocycles. The molecule has 0 spiro atoms. The molecule has 1 aromatic rings. The number of carboxylic acid groups (broad SMARTS) is 2. The van der Waals surface area contributed by atoms with Crippen LogP contribution in [0.25, 0.3) is 0 Å². The lowest BCUT2D eigenvalue weighted by atomic mass is 9.96. The number of hydrogen-bond donors (Lipinski definition) is 13. The molecule has 3 fully saturated rings. The van der Waals surface area contributed by atoms with Crippen LogP contribution < -0.4 is 64.6 Å². The number of aromatic hydroxyl groups is 1. The Morgan fingerprint density at radius 2 is 1.30 bits per heavy atom. The van der Waals surface area contributed by atoms with Gasteiger partial charge in [-0.3, -0.25) is 52.7 Å². The maximum absolute atomic E-state index is 14.8. The molecule has 4 rings (SSSR count). The minimum Gasteiger partial charge on any atom is -0.550 e. The van der Waals surface area contributed by atoms with Crippen LogP contribution in [-0.4, -0.2) is 206 Å². The number of aliphatic hydroxyl groups excluding tert-OH is 2. The summed E-state index contributed by atoms with van der Waals surface area (Å²) in [4.78, 5) is 181. The van der Waals surface area contributed by atoms with E-state index in [1.165, 1.54) is 29.2 Å². The number of aliphatic hydroxyl groups is 2. The molecule has 0 saturated carbocycles. The second-order valence-corrected chi connectivity index (χ2v) is 24.5. The molecule has 478 valence electrons. The first-order valence-corrected chi connectivity index (χ1v) is 31.0. The number of hydrogen-bond acceptors (Lipinski definition) is 21. The number of nitrogens with two attached hydrogens (primary N) is 2. The Kier molecular flexibility index (Phi) is 28.9. The Morgan fingerprint density at radius 3 is 1.86 bits per heavy atom. The van der Waals surface area contributed by atoms with E-state index in [0.29, 0.717) is 24.9 Å². The molecule has 1 unspecified atom stereocenters. The van der Waals surface area contributed by atoms with Crippen molar-refractivity contribution in [2.45, 2.75) is 171 Å². The van der Waals surface area contributed by atoms with Gasteiger partial charge in [-0.1, -0.05) is 47.6 Å².